The molecule has 0 aromatic carbocycles. The van der Waals surface area contributed by atoms with Gasteiger partial charge in [-0.2, -0.15) is 10.1 Å². The highest BCUT2D eigenvalue weighted by atomic mass is 16.1. The van der Waals surface area contributed by atoms with Crippen molar-refractivity contribution in [1.82, 2.24) is 19.7 Å². The van der Waals surface area contributed by atoms with E-state index in [-0.39, 0.29) is 11.1 Å². The Balaban J connectivity index is 1.86. The maximum atomic E-state index is 12.3. The lowest BCUT2D eigenvalue weighted by molar-refractivity contribution is 0.366. The molecule has 1 saturated carbocycles. The smallest absolute Gasteiger partial charge is 0.263 e. The van der Waals surface area contributed by atoms with Gasteiger partial charge in [-0.05, 0) is 46.0 Å². The van der Waals surface area contributed by atoms with Gasteiger partial charge in [0, 0.05) is 12.6 Å². The van der Waals surface area contributed by atoms with Gasteiger partial charge in [0.05, 0.1) is 11.7 Å². The number of hydrogen-bond acceptors (Lipinski definition) is 4. The molecule has 2 bridgehead atoms. The number of aromatic nitrogens is 4. The fraction of sp³-hybridized carbons (Fsp3) is 0.667. The van der Waals surface area contributed by atoms with Crippen molar-refractivity contribution < 1.29 is 0 Å². The van der Waals surface area contributed by atoms with Crippen LogP contribution in [0.3, 0.4) is 0 Å². The first kappa shape index (κ1) is 12.9. The van der Waals surface area contributed by atoms with E-state index in [1.807, 2.05) is 4.68 Å². The van der Waals surface area contributed by atoms with Crippen molar-refractivity contribution in [2.24, 2.45) is 5.92 Å². The molecule has 6 heteroatoms. The Hall–Kier alpha value is -1.85. The number of fused-ring (bicyclic) bond motifs is 3. The number of aromatic amines is 1. The summed E-state index contributed by atoms with van der Waals surface area (Å²) in [5.41, 5.74) is 0.404. The molecule has 0 radical (unpaired) electrons. The van der Waals surface area contributed by atoms with Gasteiger partial charge in [0.15, 0.2) is 5.65 Å². The average molecular weight is 287 g/mol. The third-order valence-electron chi connectivity index (χ3n) is 4.74. The van der Waals surface area contributed by atoms with Crippen molar-refractivity contribution in [2.45, 2.75) is 51.6 Å². The van der Waals surface area contributed by atoms with Crippen LogP contribution in [0.4, 0.5) is 5.95 Å². The molecule has 2 fully saturated rings. The zero-order chi connectivity index (χ0) is 14.8. The SMILES string of the molecule is CC(C)(C)n1ncc2c(=O)[nH]c(N3C[C@@H]4CC[C@@H]3C4)nc21. The lowest BCUT2D eigenvalue weighted by Gasteiger charge is -2.27. The van der Waals surface area contributed by atoms with E-state index in [0.717, 1.165) is 12.5 Å². The molecule has 112 valence electrons. The molecule has 0 amide bonds. The Kier molecular flexibility index (Phi) is 2.50. The summed E-state index contributed by atoms with van der Waals surface area (Å²) in [5.74, 6) is 1.48. The van der Waals surface area contributed by atoms with Gasteiger partial charge in [-0.15, -0.1) is 0 Å². The third kappa shape index (κ3) is 1.88. The largest absolute Gasteiger partial charge is 0.339 e. The molecule has 3 heterocycles. The Bertz CT molecular complexity index is 753. The number of nitrogens with one attached hydrogen (secondary N) is 1. The van der Waals surface area contributed by atoms with Crippen LogP contribution in [-0.2, 0) is 5.54 Å². The molecule has 6 nitrogen and oxygen atoms in total. The number of anilines is 1. The maximum absolute atomic E-state index is 12.3. The normalized spacial score (nSPS) is 25.2. The van der Waals surface area contributed by atoms with Gasteiger partial charge in [-0.3, -0.25) is 9.78 Å². The van der Waals surface area contributed by atoms with Crippen LogP contribution in [-0.4, -0.2) is 32.3 Å². The zero-order valence-corrected chi connectivity index (χ0v) is 12.8. The molecular weight excluding hydrogens is 266 g/mol. The first-order valence-electron chi connectivity index (χ1n) is 7.68. The lowest BCUT2D eigenvalue weighted by Crippen LogP contribution is -2.35. The van der Waals surface area contributed by atoms with E-state index in [9.17, 15) is 4.79 Å². The molecule has 2 aromatic rings. The Morgan fingerprint density at radius 2 is 2.14 bits per heavy atom. The summed E-state index contributed by atoms with van der Waals surface area (Å²) in [6, 6.07) is 0.543. The quantitative estimate of drug-likeness (QED) is 0.869. The molecule has 0 unspecified atom stereocenters. The number of nitrogens with zero attached hydrogens (tertiary/aromatic N) is 4. The van der Waals surface area contributed by atoms with Crippen LogP contribution in [0.25, 0.3) is 11.0 Å². The van der Waals surface area contributed by atoms with E-state index in [1.54, 1.807) is 6.20 Å². The summed E-state index contributed by atoms with van der Waals surface area (Å²) in [6.07, 6.45) is 5.38. The highest BCUT2D eigenvalue weighted by Gasteiger charge is 2.39. The molecule has 2 atom stereocenters. The van der Waals surface area contributed by atoms with Crippen LogP contribution < -0.4 is 10.5 Å². The van der Waals surface area contributed by atoms with Crippen molar-refractivity contribution in [3.8, 4) is 0 Å². The molecule has 1 aliphatic heterocycles. The average Bonchev–Trinajstić information content (AvgIpc) is 3.11. The van der Waals surface area contributed by atoms with E-state index in [0.29, 0.717) is 23.0 Å². The Labute approximate surface area is 123 Å². The summed E-state index contributed by atoms with van der Waals surface area (Å²) in [5, 5.41) is 4.93. The van der Waals surface area contributed by atoms with Crippen molar-refractivity contribution in [3.05, 3.63) is 16.6 Å². The highest BCUT2D eigenvalue weighted by Crippen LogP contribution is 2.38. The van der Waals surface area contributed by atoms with Gasteiger partial charge in [0.1, 0.15) is 5.39 Å². The van der Waals surface area contributed by atoms with E-state index in [2.05, 4.69) is 35.8 Å². The summed E-state index contributed by atoms with van der Waals surface area (Å²) in [6.45, 7) is 7.22. The first-order valence-corrected chi connectivity index (χ1v) is 7.68. The van der Waals surface area contributed by atoms with Crippen LogP contribution in [0, 0.1) is 5.92 Å². The summed E-state index contributed by atoms with van der Waals surface area (Å²) >= 11 is 0. The van der Waals surface area contributed by atoms with Crippen LogP contribution in [0.5, 0.6) is 0 Å². The fourth-order valence-electron chi connectivity index (χ4n) is 3.72. The molecule has 2 aliphatic rings. The van der Waals surface area contributed by atoms with Gasteiger partial charge >= 0.3 is 0 Å². The molecule has 0 spiro atoms. The van der Waals surface area contributed by atoms with E-state index in [4.69, 9.17) is 4.98 Å². The molecule has 21 heavy (non-hydrogen) atoms. The van der Waals surface area contributed by atoms with Gasteiger partial charge in [0.2, 0.25) is 5.95 Å². The van der Waals surface area contributed by atoms with Gasteiger partial charge in [0.25, 0.3) is 5.56 Å². The lowest BCUT2D eigenvalue weighted by atomic mass is 10.1. The number of piperidine rings is 1. The van der Waals surface area contributed by atoms with E-state index in [1.165, 1.54) is 19.3 Å². The highest BCUT2D eigenvalue weighted by molar-refractivity contribution is 5.74. The number of rotatable bonds is 1. The standard InChI is InChI=1S/C15H21N5O/c1-15(2,3)20-12-11(7-16-20)13(21)18-14(17-12)19-8-9-4-5-10(19)6-9/h7,9-10H,4-6,8H2,1-3H3,(H,17,18,21)/t9-,10-/m1/s1. The second-order valence-electron chi connectivity index (χ2n) is 7.34. The molecule has 1 N–H and O–H groups in total. The zero-order valence-electron chi connectivity index (χ0n) is 12.8. The molecule has 1 aliphatic carbocycles. The van der Waals surface area contributed by atoms with Crippen molar-refractivity contribution in [3.63, 3.8) is 0 Å². The third-order valence-corrected chi connectivity index (χ3v) is 4.74. The van der Waals surface area contributed by atoms with Crippen molar-refractivity contribution >= 4 is 17.0 Å². The van der Waals surface area contributed by atoms with Crippen LogP contribution in [0.2, 0.25) is 0 Å². The minimum atomic E-state index is -0.191. The maximum Gasteiger partial charge on any atom is 0.263 e. The number of H-pyrrole nitrogens is 1. The minimum Gasteiger partial charge on any atom is -0.339 e. The second-order valence-corrected chi connectivity index (χ2v) is 7.34. The van der Waals surface area contributed by atoms with Crippen LogP contribution in [0.1, 0.15) is 40.0 Å². The van der Waals surface area contributed by atoms with Crippen molar-refractivity contribution in [1.29, 1.82) is 0 Å². The van der Waals surface area contributed by atoms with Gasteiger partial charge < -0.3 is 4.90 Å². The molecular formula is C15H21N5O. The van der Waals surface area contributed by atoms with Gasteiger partial charge in [-0.1, -0.05) is 0 Å². The van der Waals surface area contributed by atoms with E-state index >= 15 is 0 Å². The summed E-state index contributed by atoms with van der Waals surface area (Å²) in [4.78, 5) is 22.3. The monoisotopic (exact) mass is 287 g/mol. The number of hydrogen-bond donors (Lipinski definition) is 1. The molecule has 1 saturated heterocycles. The Morgan fingerprint density at radius 1 is 1.33 bits per heavy atom. The minimum absolute atomic E-state index is 0.0896. The van der Waals surface area contributed by atoms with Crippen molar-refractivity contribution in [2.75, 3.05) is 11.4 Å². The van der Waals surface area contributed by atoms with Crippen LogP contribution in [0.15, 0.2) is 11.0 Å². The first-order chi connectivity index (χ1) is 9.93. The summed E-state index contributed by atoms with van der Waals surface area (Å²) < 4.78 is 1.84. The molecule has 4 rings (SSSR count). The topological polar surface area (TPSA) is 66.8 Å². The predicted molar refractivity (Wildman–Crippen MR) is 81.6 cm³/mol. The van der Waals surface area contributed by atoms with E-state index < -0.39 is 0 Å². The molecule has 2 aromatic heterocycles. The van der Waals surface area contributed by atoms with Crippen LogP contribution >= 0.6 is 0 Å². The Morgan fingerprint density at radius 3 is 2.76 bits per heavy atom. The summed E-state index contributed by atoms with van der Waals surface area (Å²) in [7, 11) is 0. The fourth-order valence-corrected chi connectivity index (χ4v) is 3.72. The van der Waals surface area contributed by atoms with Gasteiger partial charge in [-0.25, -0.2) is 4.68 Å². The second kappa shape index (κ2) is 4.08. The predicted octanol–water partition coefficient (Wildman–Crippen LogP) is 1.86.